The van der Waals surface area contributed by atoms with Gasteiger partial charge in [-0.1, -0.05) is 0 Å². The molecule has 18 heavy (non-hydrogen) atoms. The second-order valence-electron chi connectivity index (χ2n) is 5.92. The molecule has 0 spiro atoms. The molecule has 0 N–H and O–H groups in total. The monoisotopic (exact) mass is 362 g/mol. The zero-order valence-electron chi connectivity index (χ0n) is 13.4. The molecule has 0 unspecified atom stereocenters. The minimum absolute atomic E-state index is 0.663. The van der Waals surface area contributed by atoms with Gasteiger partial charge in [0.15, 0.2) is 0 Å². The first kappa shape index (κ1) is 16.7. The van der Waals surface area contributed by atoms with Crippen LogP contribution in [-0.2, 0) is 0 Å². The molecule has 4 heteroatoms. The zero-order chi connectivity index (χ0) is 13.9. The molecule has 0 bridgehead atoms. The third-order valence-electron chi connectivity index (χ3n) is 3.65. The Balaban J connectivity index is 2.83. The van der Waals surface area contributed by atoms with Crippen LogP contribution in [0.3, 0.4) is 0 Å². The van der Waals surface area contributed by atoms with Crippen LogP contribution in [0.5, 0.6) is 0 Å². The molecule has 0 aromatic heterocycles. The Kier molecular flexibility index (Phi) is 6.93. The van der Waals surface area contributed by atoms with E-state index in [4.69, 9.17) is 0 Å². The van der Waals surface area contributed by atoms with Crippen molar-refractivity contribution < 1.29 is 0 Å². The molecule has 1 rings (SSSR count). The molecule has 3 nitrogen and oxygen atoms in total. The molecule has 1 aliphatic heterocycles. The first-order valence-electron chi connectivity index (χ1n) is 7.64. The van der Waals surface area contributed by atoms with Crippen LogP contribution in [0.4, 0.5) is 0 Å². The summed E-state index contributed by atoms with van der Waals surface area (Å²) in [6, 6.07) is 1.42. The van der Waals surface area contributed by atoms with Gasteiger partial charge in [0.05, 0.1) is 0 Å². The molecule has 107 valence electrons. The summed E-state index contributed by atoms with van der Waals surface area (Å²) >= 11 is -1.71. The molecular formula is C14H32N3Sn. The molecule has 0 aliphatic carbocycles. The van der Waals surface area contributed by atoms with Crippen molar-refractivity contribution in [3.05, 3.63) is 0 Å². The topological polar surface area (TPSA) is 9.72 Å². The Bertz CT molecular complexity index is 223. The molecule has 1 heterocycles. The Hall–Kier alpha value is 0.679. The summed E-state index contributed by atoms with van der Waals surface area (Å²) in [5.74, 6) is 0. The van der Waals surface area contributed by atoms with Crippen molar-refractivity contribution in [3.8, 4) is 0 Å². The summed E-state index contributed by atoms with van der Waals surface area (Å²) in [6.07, 6.45) is 3.24. The van der Waals surface area contributed by atoms with Crippen molar-refractivity contribution in [2.75, 3.05) is 13.1 Å². The van der Waals surface area contributed by atoms with Gasteiger partial charge in [-0.05, 0) is 0 Å². The van der Waals surface area contributed by atoms with E-state index >= 15 is 0 Å². The van der Waals surface area contributed by atoms with Gasteiger partial charge >= 0.3 is 123 Å². The number of rotatable bonds is 7. The van der Waals surface area contributed by atoms with Crippen molar-refractivity contribution in [1.82, 2.24) is 9.36 Å². The first-order chi connectivity index (χ1) is 8.45. The van der Waals surface area contributed by atoms with Gasteiger partial charge in [-0.3, -0.25) is 0 Å². The van der Waals surface area contributed by atoms with E-state index in [-0.39, 0.29) is 0 Å². The third kappa shape index (κ3) is 3.41. The summed E-state index contributed by atoms with van der Waals surface area (Å²) in [5.41, 5.74) is 0. The Morgan fingerprint density at radius 1 is 0.944 bits per heavy atom. The van der Waals surface area contributed by atoms with Crippen molar-refractivity contribution in [3.63, 3.8) is 0 Å². The van der Waals surface area contributed by atoms with E-state index in [9.17, 15) is 0 Å². The molecule has 0 atom stereocenters. The molecule has 0 aromatic carbocycles. The summed E-state index contributed by atoms with van der Waals surface area (Å²) in [4.78, 5) is 0. The van der Waals surface area contributed by atoms with Crippen molar-refractivity contribution >= 4 is 20.6 Å². The maximum atomic E-state index is 2.85. The quantitative estimate of drug-likeness (QED) is 0.646. The van der Waals surface area contributed by atoms with E-state index in [2.05, 4.69) is 57.8 Å². The summed E-state index contributed by atoms with van der Waals surface area (Å²) < 4.78 is 8.53. The van der Waals surface area contributed by atoms with Crippen LogP contribution in [0.25, 0.3) is 0 Å². The number of hydrogen-bond acceptors (Lipinski definition) is 3. The predicted octanol–water partition coefficient (Wildman–Crippen LogP) is 2.87. The Morgan fingerprint density at radius 2 is 1.33 bits per heavy atom. The fraction of sp³-hybridized carbons (Fsp3) is 1.00. The van der Waals surface area contributed by atoms with Crippen LogP contribution in [0.2, 0.25) is 0 Å². The van der Waals surface area contributed by atoms with Crippen LogP contribution >= 0.6 is 0 Å². The first-order valence-corrected chi connectivity index (χ1v) is 11.5. The maximum absolute atomic E-state index is 2.85. The standard InChI is InChI=1S/C8H18N2.C6H14N.Sn/c1-6(2)9-8(5)10-7(3)4;1-3-5-7-6-4-2;/h6-8H,1-5H3;3-6H2,1-2H3;/q-2;-1;+3. The van der Waals surface area contributed by atoms with E-state index in [1.807, 2.05) is 0 Å². The van der Waals surface area contributed by atoms with Gasteiger partial charge in [-0.25, -0.2) is 0 Å². The Morgan fingerprint density at radius 3 is 1.61 bits per heavy atom. The molecule has 1 radical (unpaired) electrons. The van der Waals surface area contributed by atoms with E-state index in [0.717, 1.165) is 0 Å². The minimum atomic E-state index is -1.71. The van der Waals surface area contributed by atoms with Gasteiger partial charge in [0.25, 0.3) is 0 Å². The van der Waals surface area contributed by atoms with Gasteiger partial charge < -0.3 is 0 Å². The molecule has 0 aromatic rings. The van der Waals surface area contributed by atoms with Crippen LogP contribution in [0, 0.1) is 0 Å². The van der Waals surface area contributed by atoms with Crippen molar-refractivity contribution in [1.29, 1.82) is 0 Å². The van der Waals surface area contributed by atoms with E-state index in [0.29, 0.717) is 18.2 Å². The van der Waals surface area contributed by atoms with Gasteiger partial charge in [0.1, 0.15) is 0 Å². The third-order valence-corrected chi connectivity index (χ3v) is 14.3. The summed E-state index contributed by atoms with van der Waals surface area (Å²) in [7, 11) is 0. The van der Waals surface area contributed by atoms with Gasteiger partial charge in [0, 0.05) is 0 Å². The van der Waals surface area contributed by atoms with Crippen LogP contribution < -0.4 is 0 Å². The predicted molar refractivity (Wildman–Crippen MR) is 81.3 cm³/mol. The fourth-order valence-electron chi connectivity index (χ4n) is 3.05. The number of hydrogen-bond donors (Lipinski definition) is 0. The van der Waals surface area contributed by atoms with E-state index < -0.39 is 20.6 Å². The van der Waals surface area contributed by atoms with Crippen LogP contribution in [0.1, 0.15) is 61.3 Å². The average molecular weight is 361 g/mol. The molecule has 1 fully saturated rings. The molecule has 0 amide bonds. The average Bonchev–Trinajstić information content (AvgIpc) is 2.24. The number of nitrogens with zero attached hydrogens (tertiary/aromatic N) is 3. The van der Waals surface area contributed by atoms with E-state index in [1.165, 1.54) is 25.9 Å². The van der Waals surface area contributed by atoms with Crippen LogP contribution in [-0.4, -0.2) is 61.3 Å². The second-order valence-corrected chi connectivity index (χ2v) is 12.4. The summed E-state index contributed by atoms with van der Waals surface area (Å²) in [5, 5.41) is 0. The Labute approximate surface area is 122 Å². The zero-order valence-corrected chi connectivity index (χ0v) is 16.3. The summed E-state index contributed by atoms with van der Waals surface area (Å²) in [6.45, 7) is 19.1. The molecule has 0 saturated carbocycles. The molecule has 1 aliphatic rings. The van der Waals surface area contributed by atoms with Crippen LogP contribution in [0.15, 0.2) is 0 Å². The SMILES string of the molecule is CCC[N](CCC)[Sn]1[N](C(C)C)C(C)[N]1C(C)C. The normalized spacial score (nSPS) is 20.3. The van der Waals surface area contributed by atoms with Crippen molar-refractivity contribution in [2.45, 2.75) is 79.6 Å². The molecular weight excluding hydrogens is 329 g/mol. The van der Waals surface area contributed by atoms with Crippen molar-refractivity contribution in [2.24, 2.45) is 0 Å². The second kappa shape index (κ2) is 7.46. The fourth-order valence-corrected chi connectivity index (χ4v) is 12.9. The van der Waals surface area contributed by atoms with Gasteiger partial charge in [0.2, 0.25) is 0 Å². The van der Waals surface area contributed by atoms with Gasteiger partial charge in [-0.2, -0.15) is 0 Å². The van der Waals surface area contributed by atoms with E-state index in [1.54, 1.807) is 0 Å². The molecule has 1 saturated heterocycles. The van der Waals surface area contributed by atoms with Gasteiger partial charge in [-0.15, -0.1) is 0 Å².